The van der Waals surface area contributed by atoms with Gasteiger partial charge in [0.25, 0.3) is 6.43 Å². The lowest BCUT2D eigenvalue weighted by molar-refractivity contribution is 0.0991. The van der Waals surface area contributed by atoms with Gasteiger partial charge in [0.1, 0.15) is 23.1 Å². The summed E-state index contributed by atoms with van der Waals surface area (Å²) >= 11 is 0. The molecule has 8 nitrogen and oxygen atoms in total. The lowest BCUT2D eigenvalue weighted by Gasteiger charge is -2.29. The Hall–Kier alpha value is -2.59. The van der Waals surface area contributed by atoms with Crippen LogP contribution >= 0.6 is 0 Å². The second-order valence-corrected chi connectivity index (χ2v) is 7.07. The SMILES string of the molecule is C[C@@H](CO)Nc1cc(N2CC3CC2CO3)cc(Nc2cnc(C(F)F)cn2)n1. The Morgan fingerprint density at radius 1 is 1.25 bits per heavy atom. The highest BCUT2D eigenvalue weighted by molar-refractivity contribution is 5.65. The Labute approximate surface area is 161 Å². The molecule has 0 saturated carbocycles. The van der Waals surface area contributed by atoms with Gasteiger partial charge in [-0.3, -0.25) is 0 Å². The van der Waals surface area contributed by atoms with Crippen molar-refractivity contribution in [3.05, 3.63) is 30.2 Å². The molecule has 3 atom stereocenters. The first-order valence-electron chi connectivity index (χ1n) is 9.16. The number of hydrogen-bond donors (Lipinski definition) is 3. The Balaban J connectivity index is 1.59. The van der Waals surface area contributed by atoms with Gasteiger partial charge in [0.05, 0.1) is 37.8 Å². The number of rotatable bonds is 7. The Kier molecular flexibility index (Phi) is 5.23. The number of hydrogen-bond acceptors (Lipinski definition) is 8. The van der Waals surface area contributed by atoms with Gasteiger partial charge in [-0.25, -0.2) is 23.7 Å². The van der Waals surface area contributed by atoms with Crippen molar-refractivity contribution in [2.75, 3.05) is 35.3 Å². The molecule has 2 aromatic rings. The van der Waals surface area contributed by atoms with E-state index in [1.807, 2.05) is 19.1 Å². The summed E-state index contributed by atoms with van der Waals surface area (Å²) < 4.78 is 31.0. The molecule has 150 valence electrons. The van der Waals surface area contributed by atoms with Crippen molar-refractivity contribution in [1.82, 2.24) is 15.0 Å². The van der Waals surface area contributed by atoms with E-state index in [-0.39, 0.29) is 24.4 Å². The summed E-state index contributed by atoms with van der Waals surface area (Å²) in [4.78, 5) is 14.5. The van der Waals surface area contributed by atoms with Gasteiger partial charge in [-0.05, 0) is 13.3 Å². The summed E-state index contributed by atoms with van der Waals surface area (Å²) in [6.07, 6.45) is 0.884. The number of aliphatic hydroxyl groups is 1. The van der Waals surface area contributed by atoms with E-state index in [9.17, 15) is 13.9 Å². The van der Waals surface area contributed by atoms with E-state index >= 15 is 0 Å². The van der Waals surface area contributed by atoms with E-state index in [0.29, 0.717) is 30.1 Å². The number of halogens is 2. The summed E-state index contributed by atoms with van der Waals surface area (Å²) in [5.74, 6) is 1.43. The molecular formula is C18H22F2N6O2. The predicted molar refractivity (Wildman–Crippen MR) is 100 cm³/mol. The molecule has 0 radical (unpaired) electrons. The van der Waals surface area contributed by atoms with Gasteiger partial charge in [-0.1, -0.05) is 0 Å². The number of ether oxygens (including phenoxy) is 1. The lowest BCUT2D eigenvalue weighted by atomic mass is 10.2. The second kappa shape index (κ2) is 7.80. The fourth-order valence-electron chi connectivity index (χ4n) is 3.48. The molecule has 2 bridgehead atoms. The number of alkyl halides is 2. The molecule has 0 aliphatic carbocycles. The highest BCUT2D eigenvalue weighted by Crippen LogP contribution is 2.35. The molecule has 0 spiro atoms. The van der Waals surface area contributed by atoms with Crippen molar-refractivity contribution in [3.63, 3.8) is 0 Å². The molecule has 2 aromatic heterocycles. The van der Waals surface area contributed by atoms with Crippen LogP contribution in [0.15, 0.2) is 24.5 Å². The molecular weight excluding hydrogens is 370 g/mol. The van der Waals surface area contributed by atoms with E-state index in [4.69, 9.17) is 4.74 Å². The van der Waals surface area contributed by atoms with Crippen molar-refractivity contribution in [3.8, 4) is 0 Å². The van der Waals surface area contributed by atoms with E-state index in [1.165, 1.54) is 6.20 Å². The first kappa shape index (κ1) is 18.8. The number of morpholine rings is 1. The zero-order valence-electron chi connectivity index (χ0n) is 15.3. The van der Waals surface area contributed by atoms with Crippen LogP contribution in [0.1, 0.15) is 25.5 Å². The van der Waals surface area contributed by atoms with Crippen LogP contribution in [0.3, 0.4) is 0 Å². The lowest BCUT2D eigenvalue weighted by Crippen LogP contribution is -2.37. The van der Waals surface area contributed by atoms with Gasteiger partial charge in [0, 0.05) is 30.4 Å². The van der Waals surface area contributed by atoms with Crippen molar-refractivity contribution in [1.29, 1.82) is 0 Å². The minimum atomic E-state index is -2.66. The minimum Gasteiger partial charge on any atom is -0.394 e. The van der Waals surface area contributed by atoms with Crippen LogP contribution in [0, 0.1) is 0 Å². The van der Waals surface area contributed by atoms with E-state index in [0.717, 1.165) is 24.8 Å². The molecule has 10 heteroatoms. The standard InChI is InChI=1S/C18H22F2N6O2/c1-10(8-27)23-15-3-11(26-7-13-2-12(26)9-28-13)4-16(24-15)25-17-6-21-14(5-22-17)18(19)20/h3-6,10,12-13,18,27H,2,7-9H2,1H3,(H2,22,23,24,25)/t10-,12?,13?/m0/s1. The quantitative estimate of drug-likeness (QED) is 0.661. The van der Waals surface area contributed by atoms with Crippen molar-refractivity contribution < 1.29 is 18.6 Å². The predicted octanol–water partition coefficient (Wildman–Crippen LogP) is 2.32. The van der Waals surface area contributed by atoms with Crippen LogP contribution in [-0.4, -0.2) is 58.0 Å². The Bertz CT molecular complexity index is 822. The summed E-state index contributed by atoms with van der Waals surface area (Å²) in [6, 6.07) is 3.98. The molecule has 2 fully saturated rings. The molecule has 2 aliphatic rings. The number of nitrogens with one attached hydrogen (secondary N) is 2. The van der Waals surface area contributed by atoms with Gasteiger partial charge in [0.2, 0.25) is 0 Å². The van der Waals surface area contributed by atoms with Crippen LogP contribution in [-0.2, 0) is 4.74 Å². The van der Waals surface area contributed by atoms with E-state index < -0.39 is 6.43 Å². The van der Waals surface area contributed by atoms with Crippen LogP contribution in [0.25, 0.3) is 0 Å². The Morgan fingerprint density at radius 3 is 2.68 bits per heavy atom. The maximum absolute atomic E-state index is 12.7. The van der Waals surface area contributed by atoms with Crippen LogP contribution < -0.4 is 15.5 Å². The molecule has 2 unspecified atom stereocenters. The summed E-state index contributed by atoms with van der Waals surface area (Å²) in [6.45, 7) is 3.33. The first-order valence-corrected chi connectivity index (χ1v) is 9.16. The number of anilines is 4. The molecule has 2 aliphatic heterocycles. The third-order valence-electron chi connectivity index (χ3n) is 4.86. The fourth-order valence-corrected chi connectivity index (χ4v) is 3.48. The zero-order valence-corrected chi connectivity index (χ0v) is 15.3. The third kappa shape index (κ3) is 3.97. The normalized spacial score (nSPS) is 22.0. The number of aliphatic hydroxyl groups excluding tert-OH is 1. The van der Waals surface area contributed by atoms with Crippen LogP contribution in [0.2, 0.25) is 0 Å². The van der Waals surface area contributed by atoms with Gasteiger partial charge in [-0.15, -0.1) is 0 Å². The van der Waals surface area contributed by atoms with Crippen molar-refractivity contribution >= 4 is 23.1 Å². The summed E-state index contributed by atoms with van der Waals surface area (Å²) in [5, 5.41) is 15.5. The summed E-state index contributed by atoms with van der Waals surface area (Å²) in [5.41, 5.74) is 0.595. The Morgan fingerprint density at radius 2 is 2.07 bits per heavy atom. The molecule has 4 heterocycles. The van der Waals surface area contributed by atoms with E-state index in [2.05, 4.69) is 30.5 Å². The topological polar surface area (TPSA) is 95.4 Å². The first-order chi connectivity index (χ1) is 13.5. The van der Waals surface area contributed by atoms with Gasteiger partial charge in [0.15, 0.2) is 0 Å². The van der Waals surface area contributed by atoms with Gasteiger partial charge < -0.3 is 25.4 Å². The monoisotopic (exact) mass is 392 g/mol. The van der Waals surface area contributed by atoms with Gasteiger partial charge in [-0.2, -0.15) is 0 Å². The summed E-state index contributed by atoms with van der Waals surface area (Å²) in [7, 11) is 0. The van der Waals surface area contributed by atoms with Gasteiger partial charge >= 0.3 is 0 Å². The molecule has 0 aromatic carbocycles. The zero-order chi connectivity index (χ0) is 19.7. The number of nitrogens with zero attached hydrogens (tertiary/aromatic N) is 4. The number of fused-ring (bicyclic) bond motifs is 2. The van der Waals surface area contributed by atoms with Crippen LogP contribution in [0.5, 0.6) is 0 Å². The average molecular weight is 392 g/mol. The molecule has 3 N–H and O–H groups in total. The number of aromatic nitrogens is 3. The fraction of sp³-hybridized carbons (Fsp3) is 0.500. The average Bonchev–Trinajstić information content (AvgIpc) is 3.31. The third-order valence-corrected chi connectivity index (χ3v) is 4.86. The molecule has 28 heavy (non-hydrogen) atoms. The maximum Gasteiger partial charge on any atom is 0.281 e. The van der Waals surface area contributed by atoms with Crippen molar-refractivity contribution in [2.45, 2.75) is 38.0 Å². The van der Waals surface area contributed by atoms with Crippen molar-refractivity contribution in [2.24, 2.45) is 0 Å². The largest absolute Gasteiger partial charge is 0.394 e. The molecule has 2 saturated heterocycles. The minimum absolute atomic E-state index is 0.0303. The molecule has 0 amide bonds. The second-order valence-electron chi connectivity index (χ2n) is 7.07. The highest BCUT2D eigenvalue weighted by Gasteiger charge is 2.39. The van der Waals surface area contributed by atoms with E-state index in [1.54, 1.807) is 0 Å². The number of pyridine rings is 1. The molecule has 4 rings (SSSR count). The highest BCUT2D eigenvalue weighted by atomic mass is 19.3. The van der Waals surface area contributed by atoms with Crippen LogP contribution in [0.4, 0.5) is 31.9 Å². The smallest absolute Gasteiger partial charge is 0.281 e. The maximum atomic E-state index is 12.7.